The molecule has 3 rings (SSSR count). The molecular formula is C18H26N4. The fourth-order valence-corrected chi connectivity index (χ4v) is 3.24. The number of aromatic nitrogens is 2. The number of H-pyrrole nitrogens is 1. The molecule has 1 aliphatic rings. The third-order valence-corrected chi connectivity index (χ3v) is 4.79. The Morgan fingerprint density at radius 1 is 1.27 bits per heavy atom. The van der Waals surface area contributed by atoms with Gasteiger partial charge in [0.25, 0.3) is 0 Å². The summed E-state index contributed by atoms with van der Waals surface area (Å²) < 4.78 is 0. The van der Waals surface area contributed by atoms with E-state index in [0.717, 1.165) is 26.1 Å². The second kappa shape index (κ2) is 6.97. The van der Waals surface area contributed by atoms with Crippen LogP contribution in [0.3, 0.4) is 0 Å². The molecule has 2 heterocycles. The highest BCUT2D eigenvalue weighted by molar-refractivity contribution is 5.56. The first-order valence-electron chi connectivity index (χ1n) is 8.26. The van der Waals surface area contributed by atoms with Crippen molar-refractivity contribution in [3.05, 3.63) is 47.5 Å². The lowest BCUT2D eigenvalue weighted by molar-refractivity contribution is 0.417. The Morgan fingerprint density at radius 3 is 2.82 bits per heavy atom. The molecule has 0 saturated carbocycles. The minimum Gasteiger partial charge on any atom is -0.371 e. The van der Waals surface area contributed by atoms with Crippen molar-refractivity contribution in [3.8, 4) is 0 Å². The van der Waals surface area contributed by atoms with Crippen LogP contribution < -0.4 is 10.2 Å². The lowest BCUT2D eigenvalue weighted by Gasteiger charge is -2.35. The quantitative estimate of drug-likeness (QED) is 0.892. The third kappa shape index (κ3) is 3.50. The van der Waals surface area contributed by atoms with Crippen LogP contribution in [0.2, 0.25) is 0 Å². The van der Waals surface area contributed by atoms with Crippen molar-refractivity contribution in [1.29, 1.82) is 0 Å². The lowest BCUT2D eigenvalue weighted by atomic mass is 10.0. The highest BCUT2D eigenvalue weighted by Crippen LogP contribution is 2.25. The Kier molecular flexibility index (Phi) is 4.78. The van der Waals surface area contributed by atoms with Gasteiger partial charge in [-0.2, -0.15) is 0 Å². The van der Waals surface area contributed by atoms with Crippen LogP contribution in [0.4, 0.5) is 5.69 Å². The summed E-state index contributed by atoms with van der Waals surface area (Å²) in [4.78, 5) is 9.75. The second-order valence-corrected chi connectivity index (χ2v) is 6.26. The number of aryl methyl sites for hydroxylation is 1. The van der Waals surface area contributed by atoms with E-state index >= 15 is 0 Å². The molecule has 0 spiro atoms. The molecular weight excluding hydrogens is 272 g/mol. The third-order valence-electron chi connectivity index (χ3n) is 4.79. The van der Waals surface area contributed by atoms with E-state index in [-0.39, 0.29) is 0 Å². The Labute approximate surface area is 133 Å². The summed E-state index contributed by atoms with van der Waals surface area (Å²) in [6, 6.07) is 7.27. The predicted octanol–water partition coefficient (Wildman–Crippen LogP) is 2.83. The van der Waals surface area contributed by atoms with Gasteiger partial charge in [0.1, 0.15) is 0 Å². The average molecular weight is 298 g/mol. The van der Waals surface area contributed by atoms with E-state index in [2.05, 4.69) is 52.2 Å². The van der Waals surface area contributed by atoms with Crippen molar-refractivity contribution in [2.24, 2.45) is 0 Å². The summed E-state index contributed by atoms with van der Waals surface area (Å²) in [5.74, 6) is 0. The normalized spacial score (nSPS) is 16.2. The molecule has 1 aromatic heterocycles. The van der Waals surface area contributed by atoms with Gasteiger partial charge in [-0.3, -0.25) is 0 Å². The van der Waals surface area contributed by atoms with E-state index in [4.69, 9.17) is 0 Å². The van der Waals surface area contributed by atoms with Crippen molar-refractivity contribution in [2.45, 2.75) is 39.2 Å². The summed E-state index contributed by atoms with van der Waals surface area (Å²) in [6.07, 6.45) is 7.12. The Morgan fingerprint density at radius 2 is 2.09 bits per heavy atom. The maximum Gasteiger partial charge on any atom is 0.0921 e. The zero-order valence-electron chi connectivity index (χ0n) is 13.6. The van der Waals surface area contributed by atoms with E-state index in [1.54, 1.807) is 6.33 Å². The fourth-order valence-electron chi connectivity index (χ4n) is 3.24. The van der Waals surface area contributed by atoms with Gasteiger partial charge >= 0.3 is 0 Å². The topological polar surface area (TPSA) is 44.0 Å². The first-order valence-corrected chi connectivity index (χ1v) is 8.26. The van der Waals surface area contributed by atoms with Crippen LogP contribution in [-0.2, 0) is 6.42 Å². The number of nitrogens with one attached hydrogen (secondary N) is 2. The van der Waals surface area contributed by atoms with Crippen LogP contribution in [-0.4, -0.2) is 35.6 Å². The molecule has 0 unspecified atom stereocenters. The minimum absolute atomic E-state index is 0.643. The number of aromatic amines is 1. The molecule has 1 aromatic carbocycles. The van der Waals surface area contributed by atoms with Gasteiger partial charge in [0.05, 0.1) is 6.33 Å². The highest BCUT2D eigenvalue weighted by atomic mass is 15.1. The summed E-state index contributed by atoms with van der Waals surface area (Å²) in [6.45, 7) is 7.75. The van der Waals surface area contributed by atoms with Crippen LogP contribution in [0.1, 0.15) is 29.7 Å². The van der Waals surface area contributed by atoms with E-state index in [1.807, 2.05) is 6.20 Å². The van der Waals surface area contributed by atoms with Crippen molar-refractivity contribution in [2.75, 3.05) is 24.5 Å². The van der Waals surface area contributed by atoms with Gasteiger partial charge in [0.2, 0.25) is 0 Å². The number of benzene rings is 1. The van der Waals surface area contributed by atoms with Gasteiger partial charge in [-0.1, -0.05) is 12.1 Å². The van der Waals surface area contributed by atoms with Gasteiger partial charge in [0, 0.05) is 49.7 Å². The Bertz CT molecular complexity index is 583. The molecule has 0 amide bonds. The number of piperidine rings is 1. The van der Waals surface area contributed by atoms with Crippen LogP contribution in [0, 0.1) is 13.8 Å². The van der Waals surface area contributed by atoms with Crippen molar-refractivity contribution in [1.82, 2.24) is 15.3 Å². The van der Waals surface area contributed by atoms with Crippen LogP contribution >= 0.6 is 0 Å². The number of rotatable bonds is 5. The molecule has 0 radical (unpaired) electrons. The molecule has 0 aliphatic carbocycles. The average Bonchev–Trinajstić information content (AvgIpc) is 3.04. The zero-order valence-corrected chi connectivity index (χ0v) is 13.6. The first kappa shape index (κ1) is 15.1. The summed E-state index contributed by atoms with van der Waals surface area (Å²) >= 11 is 0. The van der Waals surface area contributed by atoms with Gasteiger partial charge in [-0.15, -0.1) is 0 Å². The van der Waals surface area contributed by atoms with Crippen molar-refractivity contribution < 1.29 is 0 Å². The summed E-state index contributed by atoms with van der Waals surface area (Å²) in [7, 11) is 0. The molecule has 2 aromatic rings. The summed E-state index contributed by atoms with van der Waals surface area (Å²) in [5, 5.41) is 3.68. The van der Waals surface area contributed by atoms with Crippen LogP contribution in [0.15, 0.2) is 30.7 Å². The molecule has 118 valence electrons. The smallest absolute Gasteiger partial charge is 0.0921 e. The zero-order chi connectivity index (χ0) is 15.4. The van der Waals surface area contributed by atoms with Crippen LogP contribution in [0.25, 0.3) is 0 Å². The van der Waals surface area contributed by atoms with E-state index in [0.29, 0.717) is 6.04 Å². The molecule has 1 aliphatic heterocycles. The monoisotopic (exact) mass is 298 g/mol. The molecule has 4 heteroatoms. The second-order valence-electron chi connectivity index (χ2n) is 6.26. The van der Waals surface area contributed by atoms with Crippen LogP contribution in [0.5, 0.6) is 0 Å². The lowest BCUT2D eigenvalue weighted by Crippen LogP contribution is -2.43. The van der Waals surface area contributed by atoms with Gasteiger partial charge in [-0.05, 0) is 43.9 Å². The van der Waals surface area contributed by atoms with E-state index < -0.39 is 0 Å². The number of nitrogens with zero attached hydrogens (tertiary/aromatic N) is 2. The molecule has 22 heavy (non-hydrogen) atoms. The SMILES string of the molecule is Cc1cccc(N2CCC(NCCc3cnc[nH]3)CC2)c1C. The molecule has 0 bridgehead atoms. The van der Waals surface area contributed by atoms with Crippen molar-refractivity contribution >= 4 is 5.69 Å². The molecule has 1 fully saturated rings. The number of anilines is 1. The first-order chi connectivity index (χ1) is 10.7. The highest BCUT2D eigenvalue weighted by Gasteiger charge is 2.20. The predicted molar refractivity (Wildman–Crippen MR) is 91.4 cm³/mol. The Balaban J connectivity index is 1.47. The summed E-state index contributed by atoms with van der Waals surface area (Å²) in [5.41, 5.74) is 5.43. The molecule has 0 atom stereocenters. The van der Waals surface area contributed by atoms with Gasteiger partial charge in [0.15, 0.2) is 0 Å². The number of hydrogen-bond donors (Lipinski definition) is 2. The molecule has 1 saturated heterocycles. The molecule has 4 nitrogen and oxygen atoms in total. The number of imidazole rings is 1. The maximum atomic E-state index is 4.06. The largest absolute Gasteiger partial charge is 0.371 e. The standard InChI is InChI=1S/C18H26N4/c1-14-4-3-5-18(15(14)2)22-10-7-16(8-11-22)20-9-6-17-12-19-13-21-17/h3-5,12-13,16,20H,6-11H2,1-2H3,(H,19,21). The van der Waals surface area contributed by atoms with E-state index in [9.17, 15) is 0 Å². The van der Waals surface area contributed by atoms with Gasteiger partial charge < -0.3 is 15.2 Å². The number of hydrogen-bond acceptors (Lipinski definition) is 3. The fraction of sp³-hybridized carbons (Fsp3) is 0.500. The van der Waals surface area contributed by atoms with Crippen molar-refractivity contribution in [3.63, 3.8) is 0 Å². The van der Waals surface area contributed by atoms with Gasteiger partial charge in [-0.25, -0.2) is 4.98 Å². The van der Waals surface area contributed by atoms with E-state index in [1.165, 1.54) is 35.3 Å². The molecule has 2 N–H and O–H groups in total. The maximum absolute atomic E-state index is 4.06. The minimum atomic E-state index is 0.643. The Hall–Kier alpha value is -1.81.